The highest BCUT2D eigenvalue weighted by molar-refractivity contribution is 6.39. The summed E-state index contributed by atoms with van der Waals surface area (Å²) in [5.74, 6) is 0.651. The van der Waals surface area contributed by atoms with Crippen LogP contribution >= 0.6 is 23.2 Å². The molecule has 1 saturated heterocycles. The molecule has 2 heterocycles. The molecule has 7 heteroatoms. The number of morpholine rings is 1. The molecular formula is C21H22Cl2N4O. The maximum absolute atomic E-state index is 6.33. The average Bonchev–Trinajstić information content (AvgIpc) is 2.72. The molecular weight excluding hydrogens is 395 g/mol. The molecule has 0 spiro atoms. The second-order valence-electron chi connectivity index (χ2n) is 6.80. The molecule has 0 amide bonds. The van der Waals surface area contributed by atoms with Crippen LogP contribution in [0.3, 0.4) is 0 Å². The monoisotopic (exact) mass is 416 g/mol. The summed E-state index contributed by atoms with van der Waals surface area (Å²) in [7, 11) is 0. The Kier molecular flexibility index (Phi) is 6.27. The highest BCUT2D eigenvalue weighted by Gasteiger charge is 2.11. The molecule has 0 unspecified atom stereocenters. The van der Waals surface area contributed by atoms with E-state index in [0.717, 1.165) is 67.8 Å². The number of fused-ring (bicyclic) bond motifs is 1. The van der Waals surface area contributed by atoms with E-state index < -0.39 is 0 Å². The Labute approximate surface area is 174 Å². The lowest BCUT2D eigenvalue weighted by Crippen LogP contribution is -2.37. The molecule has 0 aliphatic carbocycles. The van der Waals surface area contributed by atoms with Gasteiger partial charge in [0, 0.05) is 46.8 Å². The molecule has 1 aromatic heterocycles. The van der Waals surface area contributed by atoms with Crippen LogP contribution in [0.1, 0.15) is 6.42 Å². The smallest absolute Gasteiger partial charge is 0.223 e. The molecule has 1 N–H and O–H groups in total. The number of ether oxygens (including phenoxy) is 1. The minimum atomic E-state index is 0.631. The third-order valence-corrected chi connectivity index (χ3v) is 5.50. The Bertz CT molecular complexity index is 940. The zero-order valence-corrected chi connectivity index (χ0v) is 17.0. The number of anilines is 1. The van der Waals surface area contributed by atoms with E-state index in [-0.39, 0.29) is 0 Å². The predicted octanol–water partition coefficient (Wildman–Crippen LogP) is 4.74. The maximum Gasteiger partial charge on any atom is 0.223 e. The minimum absolute atomic E-state index is 0.631. The van der Waals surface area contributed by atoms with E-state index in [4.69, 9.17) is 27.9 Å². The summed E-state index contributed by atoms with van der Waals surface area (Å²) in [5, 5.41) is 5.53. The van der Waals surface area contributed by atoms with Crippen LogP contribution in [-0.2, 0) is 4.74 Å². The number of benzene rings is 2. The zero-order valence-electron chi connectivity index (χ0n) is 15.5. The third-order valence-electron chi connectivity index (χ3n) is 4.87. The molecule has 3 aromatic rings. The van der Waals surface area contributed by atoms with Gasteiger partial charge in [-0.25, -0.2) is 9.97 Å². The van der Waals surface area contributed by atoms with Gasteiger partial charge in [0.2, 0.25) is 5.95 Å². The van der Waals surface area contributed by atoms with Crippen molar-refractivity contribution in [2.24, 2.45) is 0 Å². The number of aromatic nitrogens is 2. The number of nitrogens with zero attached hydrogens (tertiary/aromatic N) is 3. The fraction of sp³-hybridized carbons (Fsp3) is 0.333. The van der Waals surface area contributed by atoms with Crippen LogP contribution in [-0.4, -0.2) is 54.3 Å². The van der Waals surface area contributed by atoms with E-state index in [9.17, 15) is 0 Å². The quantitative estimate of drug-likeness (QED) is 0.588. The van der Waals surface area contributed by atoms with Crippen LogP contribution in [0.2, 0.25) is 10.0 Å². The van der Waals surface area contributed by atoms with Gasteiger partial charge in [0.15, 0.2) is 0 Å². The van der Waals surface area contributed by atoms with Crippen molar-refractivity contribution < 1.29 is 4.74 Å². The third kappa shape index (κ3) is 4.55. The minimum Gasteiger partial charge on any atom is -0.379 e. The Morgan fingerprint density at radius 3 is 2.64 bits per heavy atom. The fourth-order valence-electron chi connectivity index (χ4n) is 3.38. The number of halogens is 2. The van der Waals surface area contributed by atoms with Gasteiger partial charge in [-0.05, 0) is 42.8 Å². The molecule has 28 heavy (non-hydrogen) atoms. The van der Waals surface area contributed by atoms with Crippen LogP contribution < -0.4 is 5.32 Å². The lowest BCUT2D eigenvalue weighted by molar-refractivity contribution is 0.0378. The van der Waals surface area contributed by atoms with Crippen LogP contribution in [0.25, 0.3) is 22.0 Å². The Morgan fingerprint density at radius 2 is 1.86 bits per heavy atom. The van der Waals surface area contributed by atoms with Crippen LogP contribution in [0.5, 0.6) is 0 Å². The predicted molar refractivity (Wildman–Crippen MR) is 115 cm³/mol. The van der Waals surface area contributed by atoms with E-state index in [0.29, 0.717) is 16.0 Å². The molecule has 2 aromatic carbocycles. The van der Waals surface area contributed by atoms with E-state index in [1.807, 2.05) is 42.6 Å². The van der Waals surface area contributed by atoms with Crippen molar-refractivity contribution in [1.29, 1.82) is 0 Å². The summed E-state index contributed by atoms with van der Waals surface area (Å²) in [6.45, 7) is 5.61. The highest BCUT2D eigenvalue weighted by atomic mass is 35.5. The molecule has 0 bridgehead atoms. The van der Waals surface area contributed by atoms with Crippen molar-refractivity contribution in [2.75, 3.05) is 44.7 Å². The lowest BCUT2D eigenvalue weighted by Gasteiger charge is -2.26. The Morgan fingerprint density at radius 1 is 1.07 bits per heavy atom. The summed E-state index contributed by atoms with van der Waals surface area (Å²) in [6, 6.07) is 11.5. The second-order valence-corrected chi connectivity index (χ2v) is 7.61. The first-order chi connectivity index (χ1) is 13.7. The van der Waals surface area contributed by atoms with Crippen LogP contribution in [0.4, 0.5) is 5.95 Å². The van der Waals surface area contributed by atoms with Crippen molar-refractivity contribution >= 4 is 40.1 Å². The molecule has 0 saturated carbocycles. The van der Waals surface area contributed by atoms with Crippen molar-refractivity contribution in [3.63, 3.8) is 0 Å². The molecule has 5 nitrogen and oxygen atoms in total. The van der Waals surface area contributed by atoms with E-state index in [1.165, 1.54) is 0 Å². The molecule has 1 aliphatic heterocycles. The number of hydrogen-bond donors (Lipinski definition) is 1. The fourth-order valence-corrected chi connectivity index (χ4v) is 3.99. The maximum atomic E-state index is 6.33. The van der Waals surface area contributed by atoms with Gasteiger partial charge < -0.3 is 10.1 Å². The topological polar surface area (TPSA) is 50.3 Å². The van der Waals surface area contributed by atoms with Gasteiger partial charge in [-0.15, -0.1) is 0 Å². The summed E-state index contributed by atoms with van der Waals surface area (Å²) in [5.41, 5.74) is 2.67. The van der Waals surface area contributed by atoms with E-state index >= 15 is 0 Å². The largest absolute Gasteiger partial charge is 0.379 e. The van der Waals surface area contributed by atoms with Gasteiger partial charge in [-0.3, -0.25) is 4.90 Å². The Hall–Kier alpha value is -1.92. The second kappa shape index (κ2) is 9.05. The van der Waals surface area contributed by atoms with Crippen molar-refractivity contribution in [3.8, 4) is 11.1 Å². The Balaban J connectivity index is 1.42. The first-order valence-corrected chi connectivity index (χ1v) is 10.2. The van der Waals surface area contributed by atoms with Gasteiger partial charge in [-0.2, -0.15) is 0 Å². The summed E-state index contributed by atoms with van der Waals surface area (Å²) in [4.78, 5) is 11.5. The number of nitrogens with one attached hydrogen (secondary N) is 1. The van der Waals surface area contributed by atoms with Gasteiger partial charge in [0.05, 0.1) is 18.7 Å². The van der Waals surface area contributed by atoms with Crippen LogP contribution in [0.15, 0.2) is 42.6 Å². The normalized spacial score (nSPS) is 15.1. The van der Waals surface area contributed by atoms with Crippen molar-refractivity contribution in [3.05, 3.63) is 52.6 Å². The summed E-state index contributed by atoms with van der Waals surface area (Å²) >= 11 is 12.7. The van der Waals surface area contributed by atoms with Crippen LogP contribution in [0, 0.1) is 0 Å². The van der Waals surface area contributed by atoms with Gasteiger partial charge in [-0.1, -0.05) is 35.3 Å². The number of rotatable bonds is 6. The lowest BCUT2D eigenvalue weighted by atomic mass is 10.0. The first kappa shape index (κ1) is 19.4. The SMILES string of the molecule is Clc1cccc(Cl)c1-c1ccc2nc(NCCCN3CCOCC3)ncc2c1. The molecule has 146 valence electrons. The summed E-state index contributed by atoms with van der Waals surface area (Å²) < 4.78 is 5.37. The van der Waals surface area contributed by atoms with Crippen molar-refractivity contribution in [2.45, 2.75) is 6.42 Å². The average molecular weight is 417 g/mol. The van der Waals surface area contributed by atoms with Gasteiger partial charge in [0.25, 0.3) is 0 Å². The number of hydrogen-bond acceptors (Lipinski definition) is 5. The molecule has 0 atom stereocenters. The van der Waals surface area contributed by atoms with Gasteiger partial charge >= 0.3 is 0 Å². The van der Waals surface area contributed by atoms with Gasteiger partial charge in [0.1, 0.15) is 0 Å². The molecule has 1 aliphatic rings. The molecule has 0 radical (unpaired) electrons. The zero-order chi connectivity index (χ0) is 19.3. The van der Waals surface area contributed by atoms with E-state index in [2.05, 4.69) is 20.2 Å². The highest BCUT2D eigenvalue weighted by Crippen LogP contribution is 2.35. The standard InChI is InChI=1S/C21H22Cl2N4O/c22-17-3-1-4-18(23)20(17)15-5-6-19-16(13-15)14-25-21(26-19)24-7-2-8-27-9-11-28-12-10-27/h1,3-6,13-14H,2,7-12H2,(H,24,25,26). The van der Waals surface area contributed by atoms with E-state index in [1.54, 1.807) is 0 Å². The molecule has 1 fully saturated rings. The first-order valence-electron chi connectivity index (χ1n) is 9.46. The molecule has 4 rings (SSSR count). The van der Waals surface area contributed by atoms with Crippen molar-refractivity contribution in [1.82, 2.24) is 14.9 Å². The summed E-state index contributed by atoms with van der Waals surface area (Å²) in [6.07, 6.45) is 2.88.